The highest BCUT2D eigenvalue weighted by Crippen LogP contribution is 2.21. The molecule has 1 aliphatic carbocycles. The van der Waals surface area contributed by atoms with Crippen LogP contribution >= 0.6 is 0 Å². The molecule has 0 radical (unpaired) electrons. The van der Waals surface area contributed by atoms with E-state index in [1.807, 2.05) is 12.1 Å². The number of aliphatic hydroxyl groups is 1. The number of aliphatic hydroxyl groups excluding tert-OH is 1. The third-order valence-electron chi connectivity index (χ3n) is 3.31. The van der Waals surface area contributed by atoms with Crippen molar-refractivity contribution in [2.24, 2.45) is 5.73 Å². The first-order valence-corrected chi connectivity index (χ1v) is 5.93. The lowest BCUT2D eigenvalue weighted by Crippen LogP contribution is -2.50. The number of hydrogen-bond acceptors (Lipinski definition) is 3. The van der Waals surface area contributed by atoms with E-state index in [-0.39, 0.29) is 12.6 Å². The molecule has 1 amide bonds. The van der Waals surface area contributed by atoms with Crippen LogP contribution in [0.3, 0.4) is 0 Å². The maximum absolute atomic E-state index is 11.0. The number of nitrogens with one attached hydrogen (secondary N) is 1. The van der Waals surface area contributed by atoms with Gasteiger partial charge in [-0.1, -0.05) is 24.3 Å². The lowest BCUT2D eigenvalue weighted by Gasteiger charge is -2.28. The minimum absolute atomic E-state index is 0.217. The largest absolute Gasteiger partial charge is 0.394 e. The number of hydrogen-bond donors (Lipinski definition) is 3. The summed E-state index contributed by atoms with van der Waals surface area (Å²) in [6.45, 7) is -0.243. The van der Waals surface area contributed by atoms with Crippen molar-refractivity contribution in [3.05, 3.63) is 35.4 Å². The molecule has 0 saturated heterocycles. The summed E-state index contributed by atoms with van der Waals surface area (Å²) in [7, 11) is 0. The SMILES string of the molecule is NC(=O)[C@@H](CO)N[C@H]1CCc2ccccc2C1. The lowest BCUT2D eigenvalue weighted by atomic mass is 9.88. The second-order valence-corrected chi connectivity index (χ2v) is 4.51. The number of carbonyl (C=O) groups excluding carboxylic acids is 1. The van der Waals surface area contributed by atoms with Crippen molar-refractivity contribution in [2.75, 3.05) is 6.61 Å². The van der Waals surface area contributed by atoms with E-state index in [0.29, 0.717) is 0 Å². The van der Waals surface area contributed by atoms with Crippen LogP contribution in [0.1, 0.15) is 17.5 Å². The van der Waals surface area contributed by atoms with Crippen LogP contribution in [-0.2, 0) is 17.6 Å². The predicted molar refractivity (Wildman–Crippen MR) is 65.5 cm³/mol. The number of amides is 1. The zero-order valence-electron chi connectivity index (χ0n) is 9.73. The fraction of sp³-hybridized carbons (Fsp3) is 0.462. The molecular weight excluding hydrogens is 216 g/mol. The monoisotopic (exact) mass is 234 g/mol. The van der Waals surface area contributed by atoms with Crippen molar-refractivity contribution in [1.29, 1.82) is 0 Å². The van der Waals surface area contributed by atoms with Gasteiger partial charge in [-0.05, 0) is 30.4 Å². The van der Waals surface area contributed by atoms with Gasteiger partial charge in [0.2, 0.25) is 5.91 Å². The summed E-state index contributed by atoms with van der Waals surface area (Å²) in [6, 6.07) is 7.91. The number of fused-ring (bicyclic) bond motifs is 1. The number of benzene rings is 1. The zero-order valence-corrected chi connectivity index (χ0v) is 9.73. The normalized spacial score (nSPS) is 20.6. The van der Waals surface area contributed by atoms with Crippen LogP contribution in [0.4, 0.5) is 0 Å². The molecule has 0 aliphatic heterocycles. The quantitative estimate of drug-likeness (QED) is 0.685. The highest BCUT2D eigenvalue weighted by molar-refractivity contribution is 5.80. The van der Waals surface area contributed by atoms with Crippen molar-refractivity contribution in [2.45, 2.75) is 31.3 Å². The Bertz CT molecular complexity index is 406. The van der Waals surface area contributed by atoms with Crippen molar-refractivity contribution in [3.8, 4) is 0 Å². The van der Waals surface area contributed by atoms with Gasteiger partial charge in [-0.25, -0.2) is 0 Å². The molecule has 4 N–H and O–H groups in total. The maximum Gasteiger partial charge on any atom is 0.236 e. The topological polar surface area (TPSA) is 75.4 Å². The Morgan fingerprint density at radius 2 is 2.18 bits per heavy atom. The van der Waals surface area contributed by atoms with Gasteiger partial charge in [0.1, 0.15) is 6.04 Å². The van der Waals surface area contributed by atoms with Gasteiger partial charge in [-0.15, -0.1) is 0 Å². The van der Waals surface area contributed by atoms with Gasteiger partial charge in [-0.3, -0.25) is 4.79 Å². The number of primary amides is 1. The van der Waals surface area contributed by atoms with E-state index in [2.05, 4.69) is 17.4 Å². The summed E-state index contributed by atoms with van der Waals surface area (Å²) in [6.07, 6.45) is 2.87. The Morgan fingerprint density at radius 1 is 1.47 bits per heavy atom. The molecule has 17 heavy (non-hydrogen) atoms. The summed E-state index contributed by atoms with van der Waals surface area (Å²) in [5.41, 5.74) is 7.89. The second kappa shape index (κ2) is 5.29. The van der Waals surface area contributed by atoms with E-state index in [1.54, 1.807) is 0 Å². The van der Waals surface area contributed by atoms with Crippen LogP contribution in [0.25, 0.3) is 0 Å². The van der Waals surface area contributed by atoms with Crippen LogP contribution in [0.2, 0.25) is 0 Å². The Hall–Kier alpha value is -1.39. The third-order valence-corrected chi connectivity index (χ3v) is 3.31. The molecule has 0 saturated carbocycles. The van der Waals surface area contributed by atoms with Crippen LogP contribution in [0.5, 0.6) is 0 Å². The smallest absolute Gasteiger partial charge is 0.236 e. The van der Waals surface area contributed by atoms with Gasteiger partial charge in [-0.2, -0.15) is 0 Å². The number of nitrogens with two attached hydrogens (primary N) is 1. The first-order chi connectivity index (χ1) is 8.20. The highest BCUT2D eigenvalue weighted by Gasteiger charge is 2.23. The molecule has 0 spiro atoms. The summed E-state index contributed by atoms with van der Waals surface area (Å²) < 4.78 is 0. The van der Waals surface area contributed by atoms with Crippen LogP contribution in [0, 0.1) is 0 Å². The molecule has 1 aliphatic rings. The molecule has 0 fully saturated rings. The molecule has 4 nitrogen and oxygen atoms in total. The van der Waals surface area contributed by atoms with Gasteiger partial charge in [0.15, 0.2) is 0 Å². The number of rotatable bonds is 4. The standard InChI is InChI=1S/C13H18N2O2/c14-13(17)12(8-16)15-11-6-5-9-3-1-2-4-10(9)7-11/h1-4,11-12,15-16H,5-8H2,(H2,14,17)/t11-,12+/m0/s1. The van der Waals surface area contributed by atoms with Gasteiger partial charge >= 0.3 is 0 Å². The van der Waals surface area contributed by atoms with Gasteiger partial charge in [0.05, 0.1) is 6.61 Å². The summed E-state index contributed by atoms with van der Waals surface area (Å²) in [5, 5.41) is 12.2. The molecule has 0 aromatic heterocycles. The van der Waals surface area contributed by atoms with E-state index in [0.717, 1.165) is 19.3 Å². The van der Waals surface area contributed by atoms with E-state index in [9.17, 15) is 4.79 Å². The minimum Gasteiger partial charge on any atom is -0.394 e. The molecule has 0 unspecified atom stereocenters. The van der Waals surface area contributed by atoms with Gasteiger partial charge < -0.3 is 16.2 Å². The number of carbonyl (C=O) groups is 1. The first-order valence-electron chi connectivity index (χ1n) is 5.93. The van der Waals surface area contributed by atoms with E-state index < -0.39 is 11.9 Å². The van der Waals surface area contributed by atoms with Gasteiger partial charge in [0, 0.05) is 6.04 Å². The summed E-state index contributed by atoms with van der Waals surface area (Å²) in [5.74, 6) is -0.494. The molecule has 2 atom stereocenters. The Kier molecular flexibility index (Phi) is 3.76. The second-order valence-electron chi connectivity index (χ2n) is 4.51. The van der Waals surface area contributed by atoms with E-state index in [1.165, 1.54) is 11.1 Å². The Balaban J connectivity index is 2.00. The van der Waals surface area contributed by atoms with Crippen molar-refractivity contribution in [3.63, 3.8) is 0 Å². The lowest BCUT2D eigenvalue weighted by molar-refractivity contribution is -0.121. The third kappa shape index (κ3) is 2.84. The molecule has 1 aromatic rings. The average molecular weight is 234 g/mol. The van der Waals surface area contributed by atoms with Crippen molar-refractivity contribution in [1.82, 2.24) is 5.32 Å². The molecule has 0 heterocycles. The van der Waals surface area contributed by atoms with Crippen LogP contribution < -0.4 is 11.1 Å². The average Bonchev–Trinajstić information content (AvgIpc) is 2.35. The predicted octanol–water partition coefficient (Wildman–Crippen LogP) is -0.0203. The van der Waals surface area contributed by atoms with Crippen LogP contribution in [-0.4, -0.2) is 29.7 Å². The Labute approximate surface area is 101 Å². The maximum atomic E-state index is 11.0. The van der Waals surface area contributed by atoms with E-state index >= 15 is 0 Å². The zero-order chi connectivity index (χ0) is 12.3. The fourth-order valence-electron chi connectivity index (χ4n) is 2.35. The molecule has 4 heteroatoms. The molecule has 0 bridgehead atoms. The Morgan fingerprint density at radius 3 is 2.82 bits per heavy atom. The molecular formula is C13H18N2O2. The van der Waals surface area contributed by atoms with E-state index in [4.69, 9.17) is 10.8 Å². The molecule has 1 aromatic carbocycles. The summed E-state index contributed by atoms with van der Waals surface area (Å²) >= 11 is 0. The minimum atomic E-state index is -0.634. The van der Waals surface area contributed by atoms with Gasteiger partial charge in [0.25, 0.3) is 0 Å². The summed E-state index contributed by atoms with van der Waals surface area (Å²) in [4.78, 5) is 11.0. The number of aryl methyl sites for hydroxylation is 1. The van der Waals surface area contributed by atoms with Crippen molar-refractivity contribution >= 4 is 5.91 Å². The first kappa shape index (κ1) is 12.1. The fourth-order valence-corrected chi connectivity index (χ4v) is 2.35. The van der Waals surface area contributed by atoms with Crippen molar-refractivity contribution < 1.29 is 9.90 Å². The molecule has 2 rings (SSSR count). The highest BCUT2D eigenvalue weighted by atomic mass is 16.3. The van der Waals surface area contributed by atoms with Crippen LogP contribution in [0.15, 0.2) is 24.3 Å². The molecule has 92 valence electrons.